The Morgan fingerprint density at radius 2 is 1.80 bits per heavy atom. The highest BCUT2D eigenvalue weighted by Crippen LogP contribution is 2.22. The van der Waals surface area contributed by atoms with E-state index < -0.39 is 0 Å². The Balaban J connectivity index is 1.55. The molecule has 1 aromatic heterocycles. The molecule has 0 saturated carbocycles. The maximum absolute atomic E-state index is 12.7. The summed E-state index contributed by atoms with van der Waals surface area (Å²) in [5.74, 6) is 0.777. The summed E-state index contributed by atoms with van der Waals surface area (Å²) in [6.07, 6.45) is 2.01. The molecule has 0 aliphatic heterocycles. The van der Waals surface area contributed by atoms with Crippen molar-refractivity contribution in [3.63, 3.8) is 0 Å². The van der Waals surface area contributed by atoms with E-state index >= 15 is 0 Å². The van der Waals surface area contributed by atoms with Gasteiger partial charge in [-0.15, -0.1) is 0 Å². The number of hydrogen-bond acceptors (Lipinski definition) is 2. The Morgan fingerprint density at radius 1 is 1.03 bits per heavy atom. The van der Waals surface area contributed by atoms with Gasteiger partial charge in [0.2, 0.25) is 0 Å². The van der Waals surface area contributed by atoms with E-state index in [1.807, 2.05) is 55.5 Å². The van der Waals surface area contributed by atoms with Gasteiger partial charge in [-0.05, 0) is 55.7 Å². The molecule has 0 aliphatic rings. The van der Waals surface area contributed by atoms with E-state index in [0.717, 1.165) is 40.7 Å². The van der Waals surface area contributed by atoms with Crippen LogP contribution < -0.4 is 5.32 Å². The lowest BCUT2D eigenvalue weighted by Crippen LogP contribution is -2.28. The molecule has 5 heteroatoms. The van der Waals surface area contributed by atoms with E-state index in [1.165, 1.54) is 5.56 Å². The van der Waals surface area contributed by atoms with E-state index in [-0.39, 0.29) is 11.9 Å². The monoisotopic (exact) mass is 461 g/mol. The fraction of sp³-hybridized carbons (Fsp3) is 0.200. The molecule has 0 radical (unpaired) electrons. The molecule has 0 fully saturated rings. The van der Waals surface area contributed by atoms with Gasteiger partial charge in [-0.2, -0.15) is 0 Å². The number of carbonyl (C=O) groups is 1. The molecular weight excluding hydrogens is 438 g/mol. The van der Waals surface area contributed by atoms with Gasteiger partial charge in [-0.25, -0.2) is 4.98 Å². The van der Waals surface area contributed by atoms with Crippen molar-refractivity contribution in [2.75, 3.05) is 0 Å². The van der Waals surface area contributed by atoms with Crippen LogP contribution in [0.5, 0.6) is 0 Å². The zero-order valence-corrected chi connectivity index (χ0v) is 18.5. The second-order valence-electron chi connectivity index (χ2n) is 7.41. The van der Waals surface area contributed by atoms with Crippen LogP contribution in [-0.4, -0.2) is 15.5 Å². The first-order chi connectivity index (χ1) is 14.6. The average molecular weight is 462 g/mol. The van der Waals surface area contributed by atoms with Crippen LogP contribution in [0.3, 0.4) is 0 Å². The minimum atomic E-state index is -0.208. The van der Waals surface area contributed by atoms with Gasteiger partial charge in [0, 0.05) is 16.6 Å². The molecule has 1 N–H and O–H groups in total. The lowest BCUT2D eigenvalue weighted by Gasteiger charge is -2.16. The number of rotatable bonds is 7. The maximum Gasteiger partial charge on any atom is 0.251 e. The summed E-state index contributed by atoms with van der Waals surface area (Å²) >= 11 is 3.43. The third-order valence-corrected chi connectivity index (χ3v) is 5.69. The van der Waals surface area contributed by atoms with Gasteiger partial charge >= 0.3 is 0 Å². The standard InChI is InChI=1S/C25H24BrN3O/c1-18(27-25(30)20-12-7-13-21(26)17-20)24-28-22-14-5-6-15-23(22)29(24)16-8-11-19-9-3-2-4-10-19/h2-7,9-10,12-15,17-18H,8,11,16H2,1H3,(H,27,30). The van der Waals surface area contributed by atoms with Crippen LogP contribution in [0.15, 0.2) is 83.3 Å². The second-order valence-corrected chi connectivity index (χ2v) is 8.32. The van der Waals surface area contributed by atoms with Gasteiger partial charge in [0.25, 0.3) is 5.91 Å². The molecule has 4 nitrogen and oxygen atoms in total. The molecule has 1 unspecified atom stereocenters. The van der Waals surface area contributed by atoms with Crippen molar-refractivity contribution in [1.82, 2.24) is 14.9 Å². The quantitative estimate of drug-likeness (QED) is 0.371. The van der Waals surface area contributed by atoms with E-state index in [1.54, 1.807) is 0 Å². The lowest BCUT2D eigenvalue weighted by molar-refractivity contribution is 0.0937. The van der Waals surface area contributed by atoms with Crippen LogP contribution in [0.1, 0.15) is 41.1 Å². The Labute approximate surface area is 185 Å². The number of nitrogens with zero attached hydrogens (tertiary/aromatic N) is 2. The number of carbonyl (C=O) groups excluding carboxylic acids is 1. The van der Waals surface area contributed by atoms with Crippen molar-refractivity contribution in [1.29, 1.82) is 0 Å². The third kappa shape index (κ3) is 4.62. The van der Waals surface area contributed by atoms with Gasteiger partial charge in [-0.3, -0.25) is 4.79 Å². The Hall–Kier alpha value is -2.92. The first-order valence-corrected chi connectivity index (χ1v) is 11.0. The number of fused-ring (bicyclic) bond motifs is 1. The summed E-state index contributed by atoms with van der Waals surface area (Å²) in [4.78, 5) is 17.6. The normalized spacial score (nSPS) is 12.1. The summed E-state index contributed by atoms with van der Waals surface area (Å²) < 4.78 is 3.13. The summed E-state index contributed by atoms with van der Waals surface area (Å²) in [5.41, 5.74) is 4.02. The van der Waals surface area contributed by atoms with E-state index in [9.17, 15) is 4.79 Å². The smallest absolute Gasteiger partial charge is 0.251 e. The fourth-order valence-electron chi connectivity index (χ4n) is 3.72. The molecule has 0 bridgehead atoms. The van der Waals surface area contributed by atoms with E-state index in [0.29, 0.717) is 5.56 Å². The van der Waals surface area contributed by atoms with Crippen LogP contribution in [0, 0.1) is 0 Å². The minimum absolute atomic E-state index is 0.105. The van der Waals surface area contributed by atoms with Gasteiger partial charge in [0.15, 0.2) is 0 Å². The summed E-state index contributed by atoms with van der Waals surface area (Å²) in [6, 6.07) is 25.9. The number of aromatic nitrogens is 2. The van der Waals surface area contributed by atoms with Crippen LogP contribution >= 0.6 is 15.9 Å². The molecule has 1 amide bonds. The zero-order valence-electron chi connectivity index (χ0n) is 16.9. The van der Waals surface area contributed by atoms with Crippen molar-refractivity contribution in [2.24, 2.45) is 0 Å². The number of amides is 1. The SMILES string of the molecule is CC(NC(=O)c1cccc(Br)c1)c1nc2ccccc2n1CCCc1ccccc1. The molecule has 0 spiro atoms. The highest BCUT2D eigenvalue weighted by atomic mass is 79.9. The predicted molar refractivity (Wildman–Crippen MR) is 125 cm³/mol. The van der Waals surface area contributed by atoms with Crippen LogP contribution in [-0.2, 0) is 13.0 Å². The Kier molecular flexibility index (Phi) is 6.29. The summed E-state index contributed by atoms with van der Waals surface area (Å²) in [6.45, 7) is 2.84. The van der Waals surface area contributed by atoms with Gasteiger partial charge in [-0.1, -0.05) is 64.5 Å². The molecule has 4 rings (SSSR count). The van der Waals surface area contributed by atoms with E-state index in [4.69, 9.17) is 4.98 Å². The van der Waals surface area contributed by atoms with Crippen molar-refractivity contribution < 1.29 is 4.79 Å². The number of hydrogen-bond donors (Lipinski definition) is 1. The molecule has 0 saturated heterocycles. The molecule has 152 valence electrons. The van der Waals surface area contributed by atoms with Crippen LogP contribution in [0.25, 0.3) is 11.0 Å². The number of aryl methyl sites for hydroxylation is 2. The summed E-state index contributed by atoms with van der Waals surface area (Å²) in [7, 11) is 0. The Bertz CT molecular complexity index is 1150. The minimum Gasteiger partial charge on any atom is -0.342 e. The molecule has 4 aromatic rings. The van der Waals surface area contributed by atoms with Gasteiger partial charge < -0.3 is 9.88 Å². The van der Waals surface area contributed by atoms with E-state index in [2.05, 4.69) is 56.1 Å². The molecule has 0 aliphatic carbocycles. The number of halogens is 1. The molecule has 3 aromatic carbocycles. The van der Waals surface area contributed by atoms with Gasteiger partial charge in [0.05, 0.1) is 17.1 Å². The lowest BCUT2D eigenvalue weighted by atomic mass is 10.1. The van der Waals surface area contributed by atoms with Gasteiger partial charge in [0.1, 0.15) is 5.82 Å². The molecule has 1 heterocycles. The first kappa shape index (κ1) is 20.4. The Morgan fingerprint density at radius 3 is 2.60 bits per heavy atom. The molecular formula is C25H24BrN3O. The highest BCUT2D eigenvalue weighted by Gasteiger charge is 2.19. The highest BCUT2D eigenvalue weighted by molar-refractivity contribution is 9.10. The molecule has 1 atom stereocenters. The number of imidazole rings is 1. The van der Waals surface area contributed by atoms with Crippen molar-refractivity contribution >= 4 is 32.9 Å². The maximum atomic E-state index is 12.7. The average Bonchev–Trinajstić information content (AvgIpc) is 3.13. The second kappa shape index (κ2) is 9.26. The summed E-state index contributed by atoms with van der Waals surface area (Å²) in [5, 5.41) is 3.11. The van der Waals surface area contributed by atoms with Crippen LogP contribution in [0.2, 0.25) is 0 Å². The fourth-order valence-corrected chi connectivity index (χ4v) is 4.12. The van der Waals surface area contributed by atoms with Crippen molar-refractivity contribution in [2.45, 2.75) is 32.4 Å². The van der Waals surface area contributed by atoms with Crippen molar-refractivity contribution in [3.8, 4) is 0 Å². The van der Waals surface area contributed by atoms with Crippen LogP contribution in [0.4, 0.5) is 0 Å². The molecule has 30 heavy (non-hydrogen) atoms. The number of nitrogens with one attached hydrogen (secondary N) is 1. The largest absolute Gasteiger partial charge is 0.342 e. The zero-order chi connectivity index (χ0) is 20.9. The topological polar surface area (TPSA) is 46.9 Å². The predicted octanol–water partition coefficient (Wildman–Crippen LogP) is 5.92. The third-order valence-electron chi connectivity index (χ3n) is 5.20. The number of benzene rings is 3. The van der Waals surface area contributed by atoms with Crippen molar-refractivity contribution in [3.05, 3.63) is 100 Å². The first-order valence-electron chi connectivity index (χ1n) is 10.2. The number of para-hydroxylation sites is 2.